The molecule has 1 aromatic rings. The van der Waals surface area contributed by atoms with E-state index in [1.807, 2.05) is 0 Å². The van der Waals surface area contributed by atoms with Gasteiger partial charge in [0.05, 0.1) is 5.56 Å². The molecule has 0 unspecified atom stereocenters. The fourth-order valence-electron chi connectivity index (χ4n) is 1.02. The van der Waals surface area contributed by atoms with E-state index >= 15 is 0 Å². The summed E-state index contributed by atoms with van der Waals surface area (Å²) in [6, 6.07) is 1.23. The van der Waals surface area contributed by atoms with Crippen molar-refractivity contribution in [2.45, 2.75) is 13.0 Å². The summed E-state index contributed by atoms with van der Waals surface area (Å²) in [5.74, 6) is -0.715. The van der Waals surface area contributed by atoms with Gasteiger partial charge in [0, 0.05) is 12.7 Å². The van der Waals surface area contributed by atoms with Crippen LogP contribution in [0.5, 0.6) is 0 Å². The van der Waals surface area contributed by atoms with E-state index in [2.05, 4.69) is 4.98 Å². The molecule has 0 spiro atoms. The zero-order valence-corrected chi connectivity index (χ0v) is 7.21. The molecule has 0 fully saturated rings. The summed E-state index contributed by atoms with van der Waals surface area (Å²) in [4.78, 5) is 14.1. The van der Waals surface area contributed by atoms with Gasteiger partial charge in [-0.1, -0.05) is 0 Å². The zero-order chi connectivity index (χ0) is 10.7. The molecule has 14 heavy (non-hydrogen) atoms. The molecule has 1 aromatic heterocycles. The van der Waals surface area contributed by atoms with Crippen LogP contribution < -0.4 is 11.5 Å². The first-order chi connectivity index (χ1) is 6.56. The normalized spacial score (nSPS) is 10.6. The van der Waals surface area contributed by atoms with Crippen LogP contribution in [-0.2, 0) is 6.54 Å². The van der Waals surface area contributed by atoms with Gasteiger partial charge in [0.1, 0.15) is 5.69 Å². The molecule has 4 nitrogen and oxygen atoms in total. The van der Waals surface area contributed by atoms with Gasteiger partial charge in [-0.3, -0.25) is 9.78 Å². The van der Waals surface area contributed by atoms with Crippen molar-refractivity contribution in [2.24, 2.45) is 11.5 Å². The van der Waals surface area contributed by atoms with Gasteiger partial charge in [0.2, 0.25) is 5.91 Å². The number of carbonyl (C=O) groups excluding carboxylic acids is 1. The molecule has 0 aliphatic carbocycles. The molecular weight excluding hydrogens is 192 g/mol. The molecule has 0 bridgehead atoms. The van der Waals surface area contributed by atoms with Crippen molar-refractivity contribution < 1.29 is 13.6 Å². The van der Waals surface area contributed by atoms with E-state index in [-0.39, 0.29) is 17.7 Å². The van der Waals surface area contributed by atoms with Crippen LogP contribution in [0.3, 0.4) is 0 Å². The Morgan fingerprint density at radius 2 is 2.21 bits per heavy atom. The minimum Gasteiger partial charge on any atom is -0.366 e. The Morgan fingerprint density at radius 1 is 1.57 bits per heavy atom. The second kappa shape index (κ2) is 4.10. The Balaban J connectivity index is 3.18. The van der Waals surface area contributed by atoms with E-state index in [0.29, 0.717) is 0 Å². The van der Waals surface area contributed by atoms with Crippen molar-refractivity contribution in [3.8, 4) is 0 Å². The van der Waals surface area contributed by atoms with Crippen molar-refractivity contribution in [1.82, 2.24) is 4.98 Å². The number of rotatable bonds is 3. The smallest absolute Gasteiger partial charge is 0.280 e. The number of nitrogens with zero attached hydrogens (tertiary/aromatic N) is 1. The van der Waals surface area contributed by atoms with Crippen LogP contribution in [0.4, 0.5) is 8.78 Å². The Hall–Kier alpha value is -1.56. The predicted molar refractivity (Wildman–Crippen MR) is 45.6 cm³/mol. The number of pyridine rings is 1. The number of aromatic nitrogens is 1. The summed E-state index contributed by atoms with van der Waals surface area (Å²) in [5, 5.41) is 0. The van der Waals surface area contributed by atoms with Crippen molar-refractivity contribution in [2.75, 3.05) is 0 Å². The lowest BCUT2D eigenvalue weighted by atomic mass is 10.1. The first-order valence-electron chi connectivity index (χ1n) is 3.83. The molecule has 0 aromatic carbocycles. The number of nitrogens with two attached hydrogens (primary N) is 2. The highest BCUT2D eigenvalue weighted by molar-refractivity contribution is 5.92. The summed E-state index contributed by atoms with van der Waals surface area (Å²) in [7, 11) is 0. The molecular formula is C8H9F2N3O. The van der Waals surface area contributed by atoms with Gasteiger partial charge < -0.3 is 11.5 Å². The number of hydrogen-bond acceptors (Lipinski definition) is 3. The molecule has 76 valence electrons. The van der Waals surface area contributed by atoms with Crippen molar-refractivity contribution in [1.29, 1.82) is 0 Å². The molecule has 4 N–H and O–H groups in total. The van der Waals surface area contributed by atoms with Crippen LogP contribution in [0, 0.1) is 0 Å². The summed E-state index contributed by atoms with van der Waals surface area (Å²) in [6.07, 6.45) is -1.68. The lowest BCUT2D eigenvalue weighted by Gasteiger charge is -2.06. The van der Waals surface area contributed by atoms with Crippen molar-refractivity contribution in [3.63, 3.8) is 0 Å². The number of carbonyl (C=O) groups is 1. The minimum absolute atomic E-state index is 0.0786. The lowest BCUT2D eigenvalue weighted by molar-refractivity contribution is 0.0998. The minimum atomic E-state index is -2.70. The quantitative estimate of drug-likeness (QED) is 0.750. The molecule has 0 atom stereocenters. The Labute approximate surface area is 78.9 Å². The van der Waals surface area contributed by atoms with Gasteiger partial charge >= 0.3 is 0 Å². The number of primary amides is 1. The second-order valence-electron chi connectivity index (χ2n) is 2.64. The van der Waals surface area contributed by atoms with Crippen molar-refractivity contribution in [3.05, 3.63) is 29.1 Å². The molecule has 0 saturated heterocycles. The van der Waals surface area contributed by atoms with Crippen LogP contribution in [0.1, 0.15) is 28.0 Å². The van der Waals surface area contributed by atoms with E-state index in [0.717, 1.165) is 6.20 Å². The number of hydrogen-bond donors (Lipinski definition) is 2. The molecule has 0 saturated carbocycles. The molecule has 1 heterocycles. The van der Waals surface area contributed by atoms with Gasteiger partial charge in [0.25, 0.3) is 6.43 Å². The Kier molecular flexibility index (Phi) is 3.08. The summed E-state index contributed by atoms with van der Waals surface area (Å²) >= 11 is 0. The van der Waals surface area contributed by atoms with Crippen LogP contribution in [0.25, 0.3) is 0 Å². The third-order valence-electron chi connectivity index (χ3n) is 1.71. The first-order valence-corrected chi connectivity index (χ1v) is 3.83. The molecule has 0 aliphatic heterocycles. The lowest BCUT2D eigenvalue weighted by Crippen LogP contribution is -2.14. The zero-order valence-electron chi connectivity index (χ0n) is 7.21. The van der Waals surface area contributed by atoms with Gasteiger partial charge in [-0.2, -0.15) is 0 Å². The first kappa shape index (κ1) is 10.5. The van der Waals surface area contributed by atoms with E-state index in [4.69, 9.17) is 11.5 Å². The molecule has 0 aliphatic rings. The average Bonchev–Trinajstić information content (AvgIpc) is 2.16. The van der Waals surface area contributed by atoms with E-state index in [9.17, 15) is 13.6 Å². The van der Waals surface area contributed by atoms with Crippen LogP contribution >= 0.6 is 0 Å². The van der Waals surface area contributed by atoms with Crippen LogP contribution in [-0.4, -0.2) is 10.9 Å². The topological polar surface area (TPSA) is 82.0 Å². The van der Waals surface area contributed by atoms with E-state index in [1.165, 1.54) is 6.07 Å². The van der Waals surface area contributed by atoms with Crippen LogP contribution in [0.15, 0.2) is 12.3 Å². The van der Waals surface area contributed by atoms with Gasteiger partial charge in [-0.15, -0.1) is 0 Å². The second-order valence-corrected chi connectivity index (χ2v) is 2.64. The fraction of sp³-hybridized carbons (Fsp3) is 0.250. The van der Waals surface area contributed by atoms with Gasteiger partial charge in [0.15, 0.2) is 0 Å². The van der Waals surface area contributed by atoms with Gasteiger partial charge in [-0.25, -0.2) is 8.78 Å². The third-order valence-corrected chi connectivity index (χ3v) is 1.71. The number of halogens is 2. The van der Waals surface area contributed by atoms with E-state index in [1.54, 1.807) is 0 Å². The summed E-state index contributed by atoms with van der Waals surface area (Å²) in [6.45, 7) is -0.103. The molecule has 0 radical (unpaired) electrons. The summed E-state index contributed by atoms with van der Waals surface area (Å²) in [5.41, 5.74) is 10.00. The molecule has 1 rings (SSSR count). The molecule has 6 heteroatoms. The Bertz CT molecular complexity index is 354. The maximum absolute atomic E-state index is 12.3. The largest absolute Gasteiger partial charge is 0.366 e. The predicted octanol–water partition coefficient (Wildman–Crippen LogP) is 0.577. The fourth-order valence-corrected chi connectivity index (χ4v) is 1.02. The highest BCUT2D eigenvalue weighted by atomic mass is 19.3. The number of amides is 1. The van der Waals surface area contributed by atoms with Gasteiger partial charge in [-0.05, 0) is 11.6 Å². The summed E-state index contributed by atoms with van der Waals surface area (Å²) < 4.78 is 24.6. The van der Waals surface area contributed by atoms with Crippen LogP contribution in [0.2, 0.25) is 0 Å². The highest BCUT2D eigenvalue weighted by Crippen LogP contribution is 2.20. The Morgan fingerprint density at radius 3 is 2.64 bits per heavy atom. The standard InChI is InChI=1S/C8H9F2N3O/c9-7(10)6-4(2-11)1-5(3-13-6)8(12)14/h1,3,7H,2,11H2,(H2,12,14). The average molecular weight is 201 g/mol. The SMILES string of the molecule is NCc1cc(C(N)=O)cnc1C(F)F. The maximum atomic E-state index is 12.3. The monoisotopic (exact) mass is 201 g/mol. The number of alkyl halides is 2. The maximum Gasteiger partial charge on any atom is 0.280 e. The van der Waals surface area contributed by atoms with E-state index < -0.39 is 18.0 Å². The molecule has 1 amide bonds. The third kappa shape index (κ3) is 2.02. The van der Waals surface area contributed by atoms with Crippen molar-refractivity contribution >= 4 is 5.91 Å². The highest BCUT2D eigenvalue weighted by Gasteiger charge is 2.15.